The second kappa shape index (κ2) is 10.3. The molecule has 0 aliphatic carbocycles. The Hall–Kier alpha value is -2.35. The van der Waals surface area contributed by atoms with Gasteiger partial charge < -0.3 is 14.6 Å². The molecule has 28 heavy (non-hydrogen) atoms. The van der Waals surface area contributed by atoms with Crippen molar-refractivity contribution in [1.82, 2.24) is 14.8 Å². The molecule has 3 rings (SSSR count). The predicted molar refractivity (Wildman–Crippen MR) is 109 cm³/mol. The Morgan fingerprint density at radius 3 is 2.79 bits per heavy atom. The molecule has 1 amide bonds. The predicted octanol–water partition coefficient (Wildman–Crippen LogP) is 3.69. The first-order valence-electron chi connectivity index (χ1n) is 9.79. The summed E-state index contributed by atoms with van der Waals surface area (Å²) < 4.78 is 7.31. The number of ether oxygens (including phenoxy) is 1. The van der Waals surface area contributed by atoms with Gasteiger partial charge in [0, 0.05) is 18.7 Å². The number of rotatable bonds is 8. The summed E-state index contributed by atoms with van der Waals surface area (Å²) in [4.78, 5) is 24.2. The average molecular weight is 403 g/mol. The Kier molecular flexibility index (Phi) is 7.47. The van der Waals surface area contributed by atoms with Crippen LogP contribution in [0.3, 0.4) is 0 Å². The van der Waals surface area contributed by atoms with Gasteiger partial charge in [-0.3, -0.25) is 4.79 Å². The lowest BCUT2D eigenvalue weighted by atomic mass is 10.2. The van der Waals surface area contributed by atoms with Crippen LogP contribution in [0.1, 0.15) is 55.2 Å². The molecule has 1 aromatic heterocycles. The molecule has 1 aliphatic heterocycles. The minimum Gasteiger partial charge on any atom is -0.462 e. The topological polar surface area (TPSA) is 86.1 Å². The van der Waals surface area contributed by atoms with Crippen molar-refractivity contribution in [3.8, 4) is 0 Å². The quantitative estimate of drug-likeness (QED) is 0.412. The van der Waals surface area contributed by atoms with E-state index in [0.717, 1.165) is 49.6 Å². The van der Waals surface area contributed by atoms with Crippen LogP contribution >= 0.6 is 11.8 Å². The Balaban J connectivity index is 1.48. The van der Waals surface area contributed by atoms with E-state index in [4.69, 9.17) is 4.74 Å². The summed E-state index contributed by atoms with van der Waals surface area (Å²) >= 11 is 1.40. The Bertz CT molecular complexity index is 804. The molecule has 0 radical (unpaired) electrons. The molecule has 2 aromatic rings. The number of carbonyl (C=O) groups excluding carboxylic acids is 2. The summed E-state index contributed by atoms with van der Waals surface area (Å²) in [5.41, 5.74) is 1.13. The van der Waals surface area contributed by atoms with Crippen molar-refractivity contribution in [1.29, 1.82) is 0 Å². The molecule has 0 unspecified atom stereocenters. The first kappa shape index (κ1) is 20.4. The van der Waals surface area contributed by atoms with E-state index in [1.54, 1.807) is 24.3 Å². The van der Waals surface area contributed by atoms with Crippen LogP contribution in [0.25, 0.3) is 0 Å². The zero-order chi connectivity index (χ0) is 19.8. The third kappa shape index (κ3) is 5.58. The van der Waals surface area contributed by atoms with Gasteiger partial charge in [0.2, 0.25) is 5.91 Å². The average Bonchev–Trinajstić information content (AvgIpc) is 2.93. The highest BCUT2D eigenvalue weighted by atomic mass is 32.2. The fourth-order valence-electron chi connectivity index (χ4n) is 2.97. The van der Waals surface area contributed by atoms with Crippen LogP contribution in [0.4, 0.5) is 5.69 Å². The third-order valence-electron chi connectivity index (χ3n) is 4.54. The smallest absolute Gasteiger partial charge is 0.338 e. The molecule has 150 valence electrons. The Labute approximate surface area is 169 Å². The van der Waals surface area contributed by atoms with Crippen molar-refractivity contribution < 1.29 is 14.3 Å². The Morgan fingerprint density at radius 1 is 1.18 bits per heavy atom. The highest BCUT2D eigenvalue weighted by Crippen LogP contribution is 2.22. The molecule has 0 fully saturated rings. The zero-order valence-electron chi connectivity index (χ0n) is 16.1. The number of thioether (sulfide) groups is 1. The summed E-state index contributed by atoms with van der Waals surface area (Å²) in [6, 6.07) is 6.75. The van der Waals surface area contributed by atoms with Crippen molar-refractivity contribution in [2.45, 2.75) is 57.1 Å². The van der Waals surface area contributed by atoms with Crippen LogP contribution in [-0.4, -0.2) is 39.0 Å². The van der Waals surface area contributed by atoms with Gasteiger partial charge in [0.15, 0.2) is 5.16 Å². The van der Waals surface area contributed by atoms with E-state index in [1.165, 1.54) is 18.2 Å². The number of esters is 1. The van der Waals surface area contributed by atoms with E-state index in [9.17, 15) is 9.59 Å². The molecule has 1 aromatic carbocycles. The van der Waals surface area contributed by atoms with Crippen molar-refractivity contribution in [3.05, 3.63) is 35.7 Å². The summed E-state index contributed by atoms with van der Waals surface area (Å²) in [5, 5.41) is 12.1. The molecule has 1 aliphatic rings. The highest BCUT2D eigenvalue weighted by Gasteiger charge is 2.16. The molecular formula is C20H26N4O3S. The SMILES string of the molecule is CCCCOC(=O)c1ccc(NC(=O)CSc2nnc3n2CCCCC3)cc1. The molecular weight excluding hydrogens is 376 g/mol. The molecule has 1 N–H and O–H groups in total. The van der Waals surface area contributed by atoms with Gasteiger partial charge in [-0.1, -0.05) is 31.5 Å². The highest BCUT2D eigenvalue weighted by molar-refractivity contribution is 7.99. The number of carbonyl (C=O) groups is 2. The fourth-order valence-corrected chi connectivity index (χ4v) is 3.76. The van der Waals surface area contributed by atoms with Gasteiger partial charge in [-0.2, -0.15) is 0 Å². The summed E-state index contributed by atoms with van der Waals surface area (Å²) in [6.45, 7) is 3.39. The molecule has 0 atom stereocenters. The van der Waals surface area contributed by atoms with E-state index in [2.05, 4.69) is 20.1 Å². The number of unbranched alkanes of at least 4 members (excludes halogenated alkanes) is 1. The fraction of sp³-hybridized carbons (Fsp3) is 0.500. The van der Waals surface area contributed by atoms with Crippen molar-refractivity contribution in [3.63, 3.8) is 0 Å². The van der Waals surface area contributed by atoms with E-state index in [1.807, 2.05) is 6.92 Å². The molecule has 8 heteroatoms. The number of nitrogens with zero attached hydrogens (tertiary/aromatic N) is 3. The van der Waals surface area contributed by atoms with Crippen molar-refractivity contribution in [2.75, 3.05) is 17.7 Å². The molecule has 7 nitrogen and oxygen atoms in total. The van der Waals surface area contributed by atoms with Crippen LogP contribution in [0, 0.1) is 0 Å². The number of aryl methyl sites for hydroxylation is 1. The lowest BCUT2D eigenvalue weighted by Gasteiger charge is -2.08. The second-order valence-electron chi connectivity index (χ2n) is 6.76. The van der Waals surface area contributed by atoms with Gasteiger partial charge in [0.25, 0.3) is 0 Å². The first-order valence-corrected chi connectivity index (χ1v) is 10.8. The van der Waals surface area contributed by atoms with Gasteiger partial charge >= 0.3 is 5.97 Å². The first-order chi connectivity index (χ1) is 13.7. The number of amides is 1. The number of benzene rings is 1. The maximum atomic E-state index is 12.3. The summed E-state index contributed by atoms with van der Waals surface area (Å²) in [6.07, 6.45) is 6.26. The van der Waals surface area contributed by atoms with Crippen LogP contribution in [0.2, 0.25) is 0 Å². The number of anilines is 1. The maximum Gasteiger partial charge on any atom is 0.338 e. The van der Waals surface area contributed by atoms with Crippen LogP contribution < -0.4 is 5.32 Å². The number of hydrogen-bond acceptors (Lipinski definition) is 6. The maximum absolute atomic E-state index is 12.3. The summed E-state index contributed by atoms with van der Waals surface area (Å²) in [7, 11) is 0. The van der Waals surface area contributed by atoms with E-state index in [0.29, 0.717) is 17.9 Å². The molecule has 0 bridgehead atoms. The standard InChI is InChI=1S/C20H26N4O3S/c1-2-3-13-27-19(26)15-8-10-16(11-9-15)21-18(25)14-28-20-23-22-17-7-5-4-6-12-24(17)20/h8-11H,2-7,12-14H2,1H3,(H,21,25). The number of hydrogen-bond donors (Lipinski definition) is 1. The minimum absolute atomic E-state index is 0.116. The normalized spacial score (nSPS) is 13.5. The number of nitrogens with one attached hydrogen (secondary N) is 1. The zero-order valence-corrected chi connectivity index (χ0v) is 17.0. The monoisotopic (exact) mass is 402 g/mol. The number of fused-ring (bicyclic) bond motifs is 1. The van der Waals surface area contributed by atoms with E-state index < -0.39 is 0 Å². The largest absolute Gasteiger partial charge is 0.462 e. The van der Waals surface area contributed by atoms with Gasteiger partial charge in [0.1, 0.15) is 5.82 Å². The molecule has 0 saturated heterocycles. The third-order valence-corrected chi connectivity index (χ3v) is 5.51. The van der Waals surface area contributed by atoms with Crippen molar-refractivity contribution >= 4 is 29.3 Å². The number of aromatic nitrogens is 3. The molecule has 2 heterocycles. The van der Waals surface area contributed by atoms with Crippen LogP contribution in [-0.2, 0) is 22.5 Å². The lowest BCUT2D eigenvalue weighted by Crippen LogP contribution is -2.15. The lowest BCUT2D eigenvalue weighted by molar-refractivity contribution is -0.113. The van der Waals surface area contributed by atoms with Gasteiger partial charge in [0.05, 0.1) is 17.9 Å². The minimum atomic E-state index is -0.339. The molecule has 0 spiro atoms. The molecule has 0 saturated carbocycles. The summed E-state index contributed by atoms with van der Waals surface area (Å²) in [5.74, 6) is 0.823. The van der Waals surface area contributed by atoms with Gasteiger partial charge in [-0.15, -0.1) is 10.2 Å². The second-order valence-corrected chi connectivity index (χ2v) is 7.71. The van der Waals surface area contributed by atoms with Crippen LogP contribution in [0.5, 0.6) is 0 Å². The van der Waals surface area contributed by atoms with Gasteiger partial charge in [-0.05, 0) is 43.5 Å². The van der Waals surface area contributed by atoms with Crippen molar-refractivity contribution in [2.24, 2.45) is 0 Å². The Morgan fingerprint density at radius 2 is 2.00 bits per heavy atom. The van der Waals surface area contributed by atoms with Crippen LogP contribution in [0.15, 0.2) is 29.4 Å². The van der Waals surface area contributed by atoms with Gasteiger partial charge in [-0.25, -0.2) is 4.79 Å². The van der Waals surface area contributed by atoms with E-state index >= 15 is 0 Å². The van der Waals surface area contributed by atoms with E-state index in [-0.39, 0.29) is 17.6 Å².